The Morgan fingerprint density at radius 3 is 2.94 bits per heavy atom. The van der Waals surface area contributed by atoms with Gasteiger partial charge >= 0.3 is 0 Å². The Hall–Kier alpha value is -0.420. The van der Waals surface area contributed by atoms with Crippen LogP contribution in [-0.2, 0) is 9.47 Å². The van der Waals surface area contributed by atoms with Gasteiger partial charge in [-0.25, -0.2) is 0 Å². The molecule has 3 nitrogen and oxygen atoms in total. The summed E-state index contributed by atoms with van der Waals surface area (Å²) in [5, 5.41) is 0. The van der Waals surface area contributed by atoms with Crippen molar-refractivity contribution >= 4 is 11.3 Å². The van der Waals surface area contributed by atoms with Crippen LogP contribution in [0.4, 0.5) is 0 Å². The number of rotatable bonds is 6. The Bertz CT molecular complexity index is 360. The van der Waals surface area contributed by atoms with E-state index in [1.807, 2.05) is 0 Å². The molecule has 102 valence electrons. The van der Waals surface area contributed by atoms with Crippen molar-refractivity contribution in [3.8, 4) is 0 Å². The molecule has 3 atom stereocenters. The van der Waals surface area contributed by atoms with E-state index in [2.05, 4.69) is 26.0 Å². The molecule has 3 unspecified atom stereocenters. The minimum absolute atomic E-state index is 0.0119. The normalized spacial score (nSPS) is 23.2. The van der Waals surface area contributed by atoms with E-state index >= 15 is 0 Å². The predicted octanol–water partition coefficient (Wildman–Crippen LogP) is 3.03. The predicted molar refractivity (Wildman–Crippen MR) is 75.0 cm³/mol. The molecule has 1 aromatic heterocycles. The largest absolute Gasteiger partial charge is 0.376 e. The number of nitrogens with two attached hydrogens (primary N) is 1. The first-order valence-electron chi connectivity index (χ1n) is 6.75. The van der Waals surface area contributed by atoms with Crippen LogP contribution in [0.3, 0.4) is 0 Å². The maximum Gasteiger partial charge on any atom is 0.107 e. The Kier molecular flexibility index (Phi) is 5.18. The summed E-state index contributed by atoms with van der Waals surface area (Å²) in [5.41, 5.74) is 6.18. The highest BCUT2D eigenvalue weighted by molar-refractivity contribution is 7.12. The van der Waals surface area contributed by atoms with Crippen molar-refractivity contribution in [1.29, 1.82) is 0 Å². The van der Waals surface area contributed by atoms with Crippen LogP contribution in [0.15, 0.2) is 12.1 Å². The summed E-state index contributed by atoms with van der Waals surface area (Å²) < 4.78 is 11.6. The minimum atomic E-state index is 0.0119. The molecule has 2 N–H and O–H groups in total. The van der Waals surface area contributed by atoms with E-state index in [1.54, 1.807) is 11.3 Å². The Labute approximate surface area is 113 Å². The fourth-order valence-electron chi connectivity index (χ4n) is 2.22. The van der Waals surface area contributed by atoms with Gasteiger partial charge in [-0.2, -0.15) is 0 Å². The Balaban J connectivity index is 1.96. The van der Waals surface area contributed by atoms with Crippen LogP contribution < -0.4 is 5.73 Å². The van der Waals surface area contributed by atoms with Gasteiger partial charge in [0.05, 0.1) is 12.7 Å². The van der Waals surface area contributed by atoms with Gasteiger partial charge in [0.1, 0.15) is 6.10 Å². The summed E-state index contributed by atoms with van der Waals surface area (Å²) >= 11 is 1.78. The highest BCUT2D eigenvalue weighted by Crippen LogP contribution is 2.29. The number of hydrogen-bond acceptors (Lipinski definition) is 4. The second kappa shape index (κ2) is 6.66. The summed E-state index contributed by atoms with van der Waals surface area (Å²) in [6.07, 6.45) is 3.46. The lowest BCUT2D eigenvalue weighted by Crippen LogP contribution is -2.31. The lowest BCUT2D eigenvalue weighted by Gasteiger charge is -2.24. The van der Waals surface area contributed by atoms with E-state index < -0.39 is 0 Å². The molecule has 0 aromatic carbocycles. The van der Waals surface area contributed by atoms with Crippen LogP contribution in [0.2, 0.25) is 0 Å². The molecule has 0 bridgehead atoms. The van der Waals surface area contributed by atoms with Gasteiger partial charge in [-0.1, -0.05) is 6.92 Å². The van der Waals surface area contributed by atoms with E-state index in [0.717, 1.165) is 25.9 Å². The maximum absolute atomic E-state index is 6.18. The lowest BCUT2D eigenvalue weighted by molar-refractivity contribution is -0.0296. The highest BCUT2D eigenvalue weighted by Gasteiger charge is 2.24. The SMILES string of the molecule is CCC(N)C(OCC1CCCO1)c1ccc(C)s1. The molecule has 1 aromatic rings. The van der Waals surface area contributed by atoms with Gasteiger partial charge < -0.3 is 15.2 Å². The number of hydrogen-bond donors (Lipinski definition) is 1. The first-order chi connectivity index (χ1) is 8.70. The molecule has 0 saturated carbocycles. The van der Waals surface area contributed by atoms with Gasteiger partial charge in [0.25, 0.3) is 0 Å². The number of aryl methyl sites for hydroxylation is 1. The van der Waals surface area contributed by atoms with Crippen LogP contribution in [0, 0.1) is 6.92 Å². The van der Waals surface area contributed by atoms with Crippen LogP contribution in [0.25, 0.3) is 0 Å². The van der Waals surface area contributed by atoms with Gasteiger partial charge in [-0.15, -0.1) is 11.3 Å². The molecule has 1 aliphatic rings. The van der Waals surface area contributed by atoms with Crippen molar-refractivity contribution in [2.75, 3.05) is 13.2 Å². The monoisotopic (exact) mass is 269 g/mol. The van der Waals surface area contributed by atoms with E-state index in [1.165, 1.54) is 9.75 Å². The lowest BCUT2D eigenvalue weighted by atomic mass is 10.1. The van der Waals surface area contributed by atoms with Crippen molar-refractivity contribution in [3.05, 3.63) is 21.9 Å². The molecule has 4 heteroatoms. The van der Waals surface area contributed by atoms with Gasteiger partial charge in [0.2, 0.25) is 0 Å². The molecular formula is C14H23NO2S. The summed E-state index contributed by atoms with van der Waals surface area (Å²) in [7, 11) is 0. The molecule has 1 aliphatic heterocycles. The van der Waals surface area contributed by atoms with Crippen molar-refractivity contribution in [3.63, 3.8) is 0 Å². The van der Waals surface area contributed by atoms with Gasteiger partial charge in [-0.05, 0) is 38.3 Å². The molecular weight excluding hydrogens is 246 g/mol. The summed E-state index contributed by atoms with van der Waals surface area (Å²) in [5.74, 6) is 0. The van der Waals surface area contributed by atoms with Crippen LogP contribution in [-0.4, -0.2) is 25.4 Å². The summed E-state index contributed by atoms with van der Waals surface area (Å²) in [6.45, 7) is 5.75. The summed E-state index contributed by atoms with van der Waals surface area (Å²) in [4.78, 5) is 2.54. The van der Waals surface area contributed by atoms with E-state index in [4.69, 9.17) is 15.2 Å². The number of thiophene rings is 1. The van der Waals surface area contributed by atoms with Gasteiger partial charge in [0, 0.05) is 22.4 Å². The fraction of sp³-hybridized carbons (Fsp3) is 0.714. The van der Waals surface area contributed by atoms with E-state index in [-0.39, 0.29) is 18.2 Å². The Morgan fingerprint density at radius 1 is 1.56 bits per heavy atom. The minimum Gasteiger partial charge on any atom is -0.376 e. The third-order valence-corrected chi connectivity index (χ3v) is 4.45. The fourth-order valence-corrected chi connectivity index (χ4v) is 3.23. The molecule has 0 aliphatic carbocycles. The smallest absolute Gasteiger partial charge is 0.107 e. The average molecular weight is 269 g/mol. The molecule has 1 fully saturated rings. The van der Waals surface area contributed by atoms with Crippen LogP contribution >= 0.6 is 11.3 Å². The zero-order chi connectivity index (χ0) is 13.0. The first-order valence-corrected chi connectivity index (χ1v) is 7.57. The van der Waals surface area contributed by atoms with Gasteiger partial charge in [-0.3, -0.25) is 0 Å². The van der Waals surface area contributed by atoms with E-state index in [9.17, 15) is 0 Å². The highest BCUT2D eigenvalue weighted by atomic mass is 32.1. The molecule has 1 saturated heterocycles. The van der Waals surface area contributed by atoms with Crippen LogP contribution in [0.1, 0.15) is 42.0 Å². The Morgan fingerprint density at radius 2 is 2.39 bits per heavy atom. The molecule has 2 heterocycles. The molecule has 18 heavy (non-hydrogen) atoms. The van der Waals surface area contributed by atoms with Crippen molar-refractivity contribution in [2.24, 2.45) is 5.73 Å². The van der Waals surface area contributed by atoms with Crippen LogP contribution in [0.5, 0.6) is 0 Å². The zero-order valence-electron chi connectivity index (χ0n) is 11.2. The van der Waals surface area contributed by atoms with Gasteiger partial charge in [0.15, 0.2) is 0 Å². The number of ether oxygens (including phenoxy) is 2. The molecule has 2 rings (SSSR count). The first kappa shape index (κ1) is 14.0. The van der Waals surface area contributed by atoms with Crippen molar-refractivity contribution in [2.45, 2.75) is 51.4 Å². The van der Waals surface area contributed by atoms with Crippen molar-refractivity contribution in [1.82, 2.24) is 0 Å². The maximum atomic E-state index is 6.18. The topological polar surface area (TPSA) is 44.5 Å². The van der Waals surface area contributed by atoms with Crippen molar-refractivity contribution < 1.29 is 9.47 Å². The molecule has 0 amide bonds. The molecule has 0 radical (unpaired) electrons. The second-order valence-electron chi connectivity index (χ2n) is 4.91. The zero-order valence-corrected chi connectivity index (χ0v) is 12.0. The molecule has 0 spiro atoms. The second-order valence-corrected chi connectivity index (χ2v) is 6.23. The summed E-state index contributed by atoms with van der Waals surface area (Å²) in [6, 6.07) is 4.32. The third kappa shape index (κ3) is 3.54. The quantitative estimate of drug-likeness (QED) is 0.863. The standard InChI is InChI=1S/C14H23NO2S/c1-3-12(15)14(13-7-6-10(2)18-13)17-9-11-5-4-8-16-11/h6-7,11-12,14H,3-5,8-9,15H2,1-2H3. The third-order valence-electron chi connectivity index (χ3n) is 3.39. The van der Waals surface area contributed by atoms with E-state index in [0.29, 0.717) is 6.61 Å². The average Bonchev–Trinajstić information content (AvgIpc) is 3.01.